The average molecular weight is 450 g/mol. The number of amides is 1. The van der Waals surface area contributed by atoms with Gasteiger partial charge in [0, 0.05) is 31.2 Å². The van der Waals surface area contributed by atoms with Crippen LogP contribution >= 0.6 is 0 Å². The van der Waals surface area contributed by atoms with Crippen LogP contribution in [0.15, 0.2) is 42.5 Å². The van der Waals surface area contributed by atoms with Crippen molar-refractivity contribution in [3.05, 3.63) is 53.6 Å². The Labute approximate surface area is 197 Å². The smallest absolute Gasteiger partial charge is 0.410 e. The maximum absolute atomic E-state index is 12.4. The standard InChI is InChI=1S/C27H35N3O3/c1-27(2,3)33-26(31)30(4)24-12-10-23(11-13-24)29-18-22-16-21(9-14-25(22)32-5)20-8-6-7-19(15-20)17-28/h6-9,14-16,23-24,29H,10-13,18H2,1-5H3/t23-,24-. The minimum absolute atomic E-state index is 0.211. The number of benzene rings is 2. The van der Waals surface area contributed by atoms with Crippen molar-refractivity contribution in [2.24, 2.45) is 0 Å². The van der Waals surface area contributed by atoms with Crippen LogP contribution in [-0.2, 0) is 11.3 Å². The Morgan fingerprint density at radius 2 is 1.82 bits per heavy atom. The predicted octanol–water partition coefficient (Wildman–Crippen LogP) is 5.50. The fourth-order valence-corrected chi connectivity index (χ4v) is 4.27. The van der Waals surface area contributed by atoms with Gasteiger partial charge in [0.15, 0.2) is 0 Å². The molecule has 0 atom stereocenters. The Kier molecular flexibility index (Phi) is 7.99. The Balaban J connectivity index is 1.59. The number of rotatable bonds is 6. The first-order valence-corrected chi connectivity index (χ1v) is 11.6. The van der Waals surface area contributed by atoms with Gasteiger partial charge in [0.2, 0.25) is 0 Å². The highest BCUT2D eigenvalue weighted by Crippen LogP contribution is 2.29. The first-order chi connectivity index (χ1) is 15.7. The maximum Gasteiger partial charge on any atom is 0.410 e. The van der Waals surface area contributed by atoms with Crippen molar-refractivity contribution in [1.82, 2.24) is 10.2 Å². The van der Waals surface area contributed by atoms with Crippen LogP contribution in [0.5, 0.6) is 5.75 Å². The van der Waals surface area contributed by atoms with Gasteiger partial charge in [0.05, 0.1) is 18.7 Å². The lowest BCUT2D eigenvalue weighted by Crippen LogP contribution is -2.44. The molecule has 2 aromatic carbocycles. The number of hydrogen-bond acceptors (Lipinski definition) is 5. The maximum atomic E-state index is 12.4. The van der Waals surface area contributed by atoms with Crippen LogP contribution in [-0.4, -0.2) is 42.8 Å². The largest absolute Gasteiger partial charge is 0.496 e. The molecule has 1 saturated carbocycles. The fraction of sp³-hybridized carbons (Fsp3) is 0.481. The van der Waals surface area contributed by atoms with Crippen LogP contribution < -0.4 is 10.1 Å². The Morgan fingerprint density at radius 1 is 1.12 bits per heavy atom. The lowest BCUT2D eigenvalue weighted by molar-refractivity contribution is 0.0179. The van der Waals surface area contributed by atoms with E-state index in [4.69, 9.17) is 9.47 Å². The zero-order chi connectivity index (χ0) is 24.0. The van der Waals surface area contributed by atoms with Gasteiger partial charge in [-0.05, 0) is 81.8 Å². The molecule has 0 bridgehead atoms. The normalized spacial score (nSPS) is 18.3. The van der Waals surface area contributed by atoms with E-state index in [1.807, 2.05) is 64.2 Å². The molecule has 1 aliphatic carbocycles. The fourth-order valence-electron chi connectivity index (χ4n) is 4.27. The molecule has 0 spiro atoms. The molecule has 0 unspecified atom stereocenters. The molecule has 0 heterocycles. The SMILES string of the molecule is COc1ccc(-c2cccc(C#N)c2)cc1CN[C@H]1CC[C@H](N(C)C(=O)OC(C)(C)C)CC1. The number of nitriles is 1. The summed E-state index contributed by atoms with van der Waals surface area (Å²) < 4.78 is 11.1. The van der Waals surface area contributed by atoms with E-state index < -0.39 is 5.60 Å². The zero-order valence-corrected chi connectivity index (χ0v) is 20.4. The molecule has 0 saturated heterocycles. The van der Waals surface area contributed by atoms with Gasteiger partial charge in [-0.2, -0.15) is 5.26 Å². The first-order valence-electron chi connectivity index (χ1n) is 11.6. The third kappa shape index (κ3) is 6.72. The van der Waals surface area contributed by atoms with Gasteiger partial charge in [0.1, 0.15) is 11.4 Å². The number of nitrogens with one attached hydrogen (secondary N) is 1. The van der Waals surface area contributed by atoms with E-state index in [2.05, 4.69) is 17.5 Å². The van der Waals surface area contributed by atoms with E-state index in [-0.39, 0.29) is 12.1 Å². The summed E-state index contributed by atoms with van der Waals surface area (Å²) in [6, 6.07) is 16.6. The van der Waals surface area contributed by atoms with E-state index in [1.54, 1.807) is 12.0 Å². The van der Waals surface area contributed by atoms with E-state index >= 15 is 0 Å². The zero-order valence-electron chi connectivity index (χ0n) is 20.4. The summed E-state index contributed by atoms with van der Waals surface area (Å²) in [6.07, 6.45) is 3.66. The summed E-state index contributed by atoms with van der Waals surface area (Å²) >= 11 is 0. The van der Waals surface area contributed by atoms with Crippen LogP contribution in [0.25, 0.3) is 11.1 Å². The molecular formula is C27H35N3O3. The minimum atomic E-state index is -0.479. The van der Waals surface area contributed by atoms with Crippen molar-refractivity contribution in [3.63, 3.8) is 0 Å². The summed E-state index contributed by atoms with van der Waals surface area (Å²) in [5, 5.41) is 12.9. The molecule has 176 valence electrons. The summed E-state index contributed by atoms with van der Waals surface area (Å²) in [6.45, 7) is 6.38. The second-order valence-corrected chi connectivity index (χ2v) is 9.70. The summed E-state index contributed by atoms with van der Waals surface area (Å²) in [5.41, 5.74) is 3.34. The van der Waals surface area contributed by atoms with Gasteiger partial charge < -0.3 is 19.7 Å². The first kappa shape index (κ1) is 24.6. The van der Waals surface area contributed by atoms with E-state index in [9.17, 15) is 10.1 Å². The average Bonchev–Trinajstić information content (AvgIpc) is 2.81. The quantitative estimate of drug-likeness (QED) is 0.630. The van der Waals surface area contributed by atoms with E-state index in [1.165, 1.54) is 0 Å². The monoisotopic (exact) mass is 449 g/mol. The summed E-state index contributed by atoms with van der Waals surface area (Å²) in [5.74, 6) is 0.848. The molecule has 1 amide bonds. The van der Waals surface area contributed by atoms with Gasteiger partial charge in [-0.25, -0.2) is 4.79 Å². The highest BCUT2D eigenvalue weighted by atomic mass is 16.6. The highest BCUT2D eigenvalue weighted by molar-refractivity contribution is 5.68. The van der Waals surface area contributed by atoms with Crippen LogP contribution in [0, 0.1) is 11.3 Å². The molecule has 6 heteroatoms. The molecule has 0 aromatic heterocycles. The van der Waals surface area contributed by atoms with Crippen LogP contribution in [0.3, 0.4) is 0 Å². The number of carbonyl (C=O) groups excluding carboxylic acids is 1. The Morgan fingerprint density at radius 3 is 2.45 bits per heavy atom. The molecule has 3 rings (SSSR count). The third-order valence-electron chi connectivity index (χ3n) is 6.11. The van der Waals surface area contributed by atoms with E-state index in [0.29, 0.717) is 18.2 Å². The van der Waals surface area contributed by atoms with Crippen molar-refractivity contribution in [2.45, 2.75) is 70.7 Å². The number of hydrogen-bond donors (Lipinski definition) is 1. The van der Waals surface area contributed by atoms with Crippen molar-refractivity contribution in [3.8, 4) is 22.9 Å². The Hall–Kier alpha value is -3.04. The lowest BCUT2D eigenvalue weighted by Gasteiger charge is -2.36. The minimum Gasteiger partial charge on any atom is -0.496 e. The molecule has 2 aromatic rings. The van der Waals surface area contributed by atoms with Crippen molar-refractivity contribution in [1.29, 1.82) is 5.26 Å². The second-order valence-electron chi connectivity index (χ2n) is 9.70. The highest BCUT2D eigenvalue weighted by Gasteiger charge is 2.29. The molecule has 1 fully saturated rings. The molecule has 1 aliphatic rings. The van der Waals surface area contributed by atoms with Crippen molar-refractivity contribution >= 4 is 6.09 Å². The van der Waals surface area contributed by atoms with Gasteiger partial charge >= 0.3 is 6.09 Å². The Bertz CT molecular complexity index is 998. The molecule has 0 aliphatic heterocycles. The van der Waals surface area contributed by atoms with Crippen LogP contribution in [0.2, 0.25) is 0 Å². The van der Waals surface area contributed by atoms with Gasteiger partial charge in [0.25, 0.3) is 0 Å². The lowest BCUT2D eigenvalue weighted by atomic mass is 9.90. The molecule has 0 radical (unpaired) electrons. The number of carbonyl (C=O) groups is 1. The number of methoxy groups -OCH3 is 1. The molecular weight excluding hydrogens is 414 g/mol. The molecule has 1 N–H and O–H groups in total. The van der Waals surface area contributed by atoms with Crippen molar-refractivity contribution < 1.29 is 14.3 Å². The van der Waals surface area contributed by atoms with E-state index in [0.717, 1.165) is 48.1 Å². The van der Waals surface area contributed by atoms with Crippen LogP contribution in [0.4, 0.5) is 4.79 Å². The van der Waals surface area contributed by atoms with Crippen molar-refractivity contribution in [2.75, 3.05) is 14.2 Å². The number of ether oxygens (including phenoxy) is 2. The summed E-state index contributed by atoms with van der Waals surface area (Å²) in [4.78, 5) is 14.1. The predicted molar refractivity (Wildman–Crippen MR) is 130 cm³/mol. The second kappa shape index (κ2) is 10.7. The van der Waals surface area contributed by atoms with Gasteiger partial charge in [-0.3, -0.25) is 0 Å². The van der Waals surface area contributed by atoms with Gasteiger partial charge in [-0.1, -0.05) is 18.2 Å². The third-order valence-corrected chi connectivity index (χ3v) is 6.11. The molecule has 33 heavy (non-hydrogen) atoms. The summed E-state index contributed by atoms with van der Waals surface area (Å²) in [7, 11) is 3.52. The number of nitrogens with zero attached hydrogens (tertiary/aromatic N) is 2. The van der Waals surface area contributed by atoms with Crippen LogP contribution in [0.1, 0.15) is 57.6 Å². The van der Waals surface area contributed by atoms with Gasteiger partial charge in [-0.15, -0.1) is 0 Å². The topological polar surface area (TPSA) is 74.6 Å². The molecule has 6 nitrogen and oxygen atoms in total.